The molecule has 0 spiro atoms. The molecule has 1 fully saturated rings. The molecule has 8 heteroatoms. The molecular weight excluding hydrogens is 290 g/mol. The summed E-state index contributed by atoms with van der Waals surface area (Å²) >= 11 is 0. The highest BCUT2D eigenvalue weighted by Crippen LogP contribution is 2.43. The number of phenols is 1. The van der Waals surface area contributed by atoms with Crippen LogP contribution in [0, 0.1) is 17.1 Å². The van der Waals surface area contributed by atoms with Gasteiger partial charge in [-0.05, 0) is 12.1 Å². The minimum Gasteiger partial charge on any atom is -0.505 e. The predicted octanol–water partition coefficient (Wildman–Crippen LogP) is 1.91. The standard InChI is InChI=1S/C13H13F4N3O/c14-9-2-1-8(7-18)10(11(9)21)12(13(15,16)17)20-5-3-19-4-6-20/h1-2,12,19,21H,3-6H2/t12-/m0/s1. The van der Waals surface area contributed by atoms with Crippen LogP contribution in [0.2, 0.25) is 0 Å². The Labute approximate surface area is 118 Å². The van der Waals surface area contributed by atoms with Gasteiger partial charge >= 0.3 is 6.18 Å². The van der Waals surface area contributed by atoms with Crippen LogP contribution in [-0.2, 0) is 0 Å². The van der Waals surface area contributed by atoms with Crippen LogP contribution in [-0.4, -0.2) is 42.4 Å². The van der Waals surface area contributed by atoms with E-state index in [0.717, 1.165) is 17.0 Å². The van der Waals surface area contributed by atoms with Crippen molar-refractivity contribution in [1.82, 2.24) is 10.2 Å². The van der Waals surface area contributed by atoms with Crippen LogP contribution < -0.4 is 5.32 Å². The Bertz CT molecular complexity index is 562. The fourth-order valence-corrected chi connectivity index (χ4v) is 2.45. The summed E-state index contributed by atoms with van der Waals surface area (Å²) in [6.07, 6.45) is -4.73. The monoisotopic (exact) mass is 303 g/mol. The lowest BCUT2D eigenvalue weighted by Crippen LogP contribution is -2.49. The van der Waals surface area contributed by atoms with E-state index in [1.54, 1.807) is 6.07 Å². The summed E-state index contributed by atoms with van der Waals surface area (Å²) in [6, 6.07) is 1.11. The summed E-state index contributed by atoms with van der Waals surface area (Å²) in [5.74, 6) is -2.29. The Morgan fingerprint density at radius 1 is 1.29 bits per heavy atom. The van der Waals surface area contributed by atoms with Gasteiger partial charge in [0.1, 0.15) is 6.04 Å². The number of aromatic hydroxyl groups is 1. The average Bonchev–Trinajstić information content (AvgIpc) is 2.44. The molecule has 1 aromatic carbocycles. The molecule has 0 radical (unpaired) electrons. The number of nitriles is 1. The van der Waals surface area contributed by atoms with Crippen LogP contribution >= 0.6 is 0 Å². The highest BCUT2D eigenvalue weighted by Gasteiger charge is 2.47. The van der Waals surface area contributed by atoms with Crippen LogP contribution in [0.25, 0.3) is 0 Å². The third-order valence-corrected chi connectivity index (χ3v) is 3.39. The molecule has 1 saturated heterocycles. The first-order valence-corrected chi connectivity index (χ1v) is 6.29. The van der Waals surface area contributed by atoms with Gasteiger partial charge in [0.25, 0.3) is 0 Å². The summed E-state index contributed by atoms with van der Waals surface area (Å²) in [4.78, 5) is 1.09. The molecule has 0 amide bonds. The van der Waals surface area contributed by atoms with Crippen molar-refractivity contribution in [2.24, 2.45) is 0 Å². The molecule has 1 aliphatic heterocycles. The number of hydrogen-bond acceptors (Lipinski definition) is 4. The summed E-state index contributed by atoms with van der Waals surface area (Å²) in [7, 11) is 0. The van der Waals surface area contributed by atoms with Crippen molar-refractivity contribution in [2.45, 2.75) is 12.2 Å². The topological polar surface area (TPSA) is 59.3 Å². The number of nitrogens with zero attached hydrogens (tertiary/aromatic N) is 2. The zero-order chi connectivity index (χ0) is 15.6. The number of alkyl halides is 3. The van der Waals surface area contributed by atoms with Crippen LogP contribution in [0.4, 0.5) is 17.6 Å². The molecule has 1 aromatic rings. The molecular formula is C13H13F4N3O. The Hall–Kier alpha value is -1.85. The van der Waals surface area contributed by atoms with Gasteiger partial charge in [-0.25, -0.2) is 4.39 Å². The Balaban J connectivity index is 2.56. The van der Waals surface area contributed by atoms with Crippen LogP contribution in [0.15, 0.2) is 12.1 Å². The Morgan fingerprint density at radius 3 is 2.43 bits per heavy atom. The molecule has 0 unspecified atom stereocenters. The summed E-state index contributed by atoms with van der Waals surface area (Å²) in [6.45, 7) is 0.880. The average molecular weight is 303 g/mol. The van der Waals surface area contributed by atoms with Gasteiger partial charge < -0.3 is 10.4 Å². The maximum absolute atomic E-state index is 13.5. The summed E-state index contributed by atoms with van der Waals surface area (Å²) in [5, 5.41) is 21.6. The Kier molecular flexibility index (Phi) is 4.34. The highest BCUT2D eigenvalue weighted by molar-refractivity contribution is 5.49. The van der Waals surface area contributed by atoms with Crippen molar-refractivity contribution in [3.63, 3.8) is 0 Å². The second-order valence-electron chi connectivity index (χ2n) is 4.70. The molecule has 1 aliphatic rings. The first kappa shape index (κ1) is 15.5. The quantitative estimate of drug-likeness (QED) is 0.820. The van der Waals surface area contributed by atoms with Crippen LogP contribution in [0.3, 0.4) is 0 Å². The van der Waals surface area contributed by atoms with Crippen molar-refractivity contribution in [1.29, 1.82) is 5.26 Å². The molecule has 114 valence electrons. The summed E-state index contributed by atoms with van der Waals surface area (Å²) in [5.41, 5.74) is -1.10. The summed E-state index contributed by atoms with van der Waals surface area (Å²) < 4.78 is 53.7. The second kappa shape index (κ2) is 5.87. The smallest absolute Gasteiger partial charge is 0.408 e. The number of halogens is 4. The van der Waals surface area contributed by atoms with E-state index in [4.69, 9.17) is 5.26 Å². The van der Waals surface area contributed by atoms with E-state index in [2.05, 4.69) is 5.32 Å². The molecule has 0 bridgehead atoms. The minimum atomic E-state index is -4.73. The van der Waals surface area contributed by atoms with Gasteiger partial charge in [-0.2, -0.15) is 18.4 Å². The van der Waals surface area contributed by atoms with E-state index < -0.39 is 29.3 Å². The molecule has 2 rings (SSSR count). The zero-order valence-electron chi connectivity index (χ0n) is 10.9. The van der Waals surface area contributed by atoms with Gasteiger partial charge in [-0.1, -0.05) is 0 Å². The lowest BCUT2D eigenvalue weighted by molar-refractivity contribution is -0.188. The highest BCUT2D eigenvalue weighted by atomic mass is 19.4. The second-order valence-corrected chi connectivity index (χ2v) is 4.70. The number of rotatable bonds is 2. The van der Waals surface area contributed by atoms with Gasteiger partial charge in [0.05, 0.1) is 11.6 Å². The molecule has 4 nitrogen and oxygen atoms in total. The van der Waals surface area contributed by atoms with Gasteiger partial charge in [0.15, 0.2) is 11.6 Å². The zero-order valence-corrected chi connectivity index (χ0v) is 10.9. The number of nitrogens with one attached hydrogen (secondary N) is 1. The molecule has 0 aromatic heterocycles. The first-order chi connectivity index (χ1) is 9.86. The predicted molar refractivity (Wildman–Crippen MR) is 66.0 cm³/mol. The fourth-order valence-electron chi connectivity index (χ4n) is 2.45. The van der Waals surface area contributed by atoms with E-state index in [1.807, 2.05) is 0 Å². The number of phenolic OH excluding ortho intramolecular Hbond substituents is 1. The van der Waals surface area contributed by atoms with Crippen LogP contribution in [0.1, 0.15) is 17.2 Å². The maximum Gasteiger partial charge on any atom is 0.408 e. The van der Waals surface area contributed by atoms with Crippen molar-refractivity contribution < 1.29 is 22.7 Å². The van der Waals surface area contributed by atoms with E-state index in [-0.39, 0.29) is 18.7 Å². The van der Waals surface area contributed by atoms with E-state index >= 15 is 0 Å². The normalized spacial score (nSPS) is 18.2. The van der Waals surface area contributed by atoms with E-state index in [1.165, 1.54) is 0 Å². The molecule has 0 saturated carbocycles. The fraction of sp³-hybridized carbons (Fsp3) is 0.462. The molecule has 1 heterocycles. The molecule has 1 atom stereocenters. The first-order valence-electron chi connectivity index (χ1n) is 6.29. The maximum atomic E-state index is 13.5. The SMILES string of the molecule is N#Cc1ccc(F)c(O)c1[C@H](N1CCNCC1)C(F)(F)F. The number of benzene rings is 1. The number of piperazine rings is 1. The van der Waals surface area contributed by atoms with Gasteiger partial charge in [0, 0.05) is 31.7 Å². The van der Waals surface area contributed by atoms with Crippen molar-refractivity contribution in [2.75, 3.05) is 26.2 Å². The largest absolute Gasteiger partial charge is 0.505 e. The lowest BCUT2D eigenvalue weighted by atomic mass is 9.97. The third kappa shape index (κ3) is 3.09. The van der Waals surface area contributed by atoms with Gasteiger partial charge in [-0.15, -0.1) is 0 Å². The molecule has 21 heavy (non-hydrogen) atoms. The number of hydrogen-bond donors (Lipinski definition) is 2. The lowest BCUT2D eigenvalue weighted by Gasteiger charge is -2.36. The third-order valence-electron chi connectivity index (χ3n) is 3.39. The van der Waals surface area contributed by atoms with E-state index in [9.17, 15) is 22.7 Å². The van der Waals surface area contributed by atoms with Crippen LogP contribution in [0.5, 0.6) is 5.75 Å². The Morgan fingerprint density at radius 2 is 1.90 bits per heavy atom. The van der Waals surface area contributed by atoms with Gasteiger partial charge in [-0.3, -0.25) is 4.90 Å². The van der Waals surface area contributed by atoms with E-state index in [0.29, 0.717) is 13.1 Å². The van der Waals surface area contributed by atoms with Gasteiger partial charge in [0.2, 0.25) is 0 Å². The molecule has 0 aliphatic carbocycles. The van der Waals surface area contributed by atoms with Crippen molar-refractivity contribution >= 4 is 0 Å². The minimum absolute atomic E-state index is 0.0883. The molecule has 2 N–H and O–H groups in total. The van der Waals surface area contributed by atoms with Crippen molar-refractivity contribution in [3.05, 3.63) is 29.1 Å². The van der Waals surface area contributed by atoms with Crippen molar-refractivity contribution in [3.8, 4) is 11.8 Å².